The fraction of sp³-hybridized carbons (Fsp3) is 0.292. The Bertz CT molecular complexity index is 1130. The summed E-state index contributed by atoms with van der Waals surface area (Å²) in [5.41, 5.74) is 6.84. The summed E-state index contributed by atoms with van der Waals surface area (Å²) in [5.74, 6) is 1.30. The third kappa shape index (κ3) is 3.66. The van der Waals surface area contributed by atoms with Gasteiger partial charge >= 0.3 is 0 Å². The van der Waals surface area contributed by atoms with Crippen LogP contribution in [0.2, 0.25) is 0 Å². The molecule has 3 heterocycles. The summed E-state index contributed by atoms with van der Waals surface area (Å²) in [6.45, 7) is 3.87. The first-order valence-corrected chi connectivity index (χ1v) is 11.8. The monoisotopic (exact) mass is 421 g/mol. The van der Waals surface area contributed by atoms with Crippen LogP contribution in [0.1, 0.15) is 16.7 Å². The lowest BCUT2D eigenvalue weighted by atomic mass is 9.96. The number of aromatic nitrogens is 1. The van der Waals surface area contributed by atoms with Crippen LogP contribution < -0.4 is 5.32 Å². The van der Waals surface area contributed by atoms with Crippen LogP contribution in [-0.2, 0) is 23.8 Å². The largest absolute Gasteiger partial charge is 0.355 e. The highest BCUT2D eigenvalue weighted by atomic mass is 32.2. The second kappa shape index (κ2) is 7.93. The van der Waals surface area contributed by atoms with Gasteiger partial charge in [-0.05, 0) is 60.4 Å². The molecule has 0 aliphatic carbocycles. The number of hydrogen-bond acceptors (Lipinski definition) is 4. The van der Waals surface area contributed by atoms with Crippen LogP contribution in [-0.4, -0.2) is 38.2 Å². The first-order valence-electron chi connectivity index (χ1n) is 10.3. The molecule has 5 rings (SSSR count). The highest BCUT2D eigenvalue weighted by molar-refractivity contribution is 7.86. The topological polar surface area (TPSA) is 45.2 Å². The predicted octanol–water partition coefficient (Wildman–Crippen LogP) is 4.43. The minimum atomic E-state index is -0.620. The summed E-state index contributed by atoms with van der Waals surface area (Å²) in [4.78, 5) is 6.70. The van der Waals surface area contributed by atoms with Gasteiger partial charge in [0.05, 0.1) is 0 Å². The van der Waals surface area contributed by atoms with Gasteiger partial charge in [0, 0.05) is 64.6 Å². The SMILES string of the molecule is Cc1ccc(Nc2cccc3c2CCN(C2CS(=O)C2)C3)cc1-c1ncccc1F. The number of rotatable bonds is 4. The number of pyridine rings is 1. The van der Waals surface area contributed by atoms with Gasteiger partial charge in [-0.3, -0.25) is 14.1 Å². The lowest BCUT2D eigenvalue weighted by Gasteiger charge is -2.40. The van der Waals surface area contributed by atoms with E-state index in [9.17, 15) is 8.60 Å². The van der Waals surface area contributed by atoms with Crippen LogP contribution >= 0.6 is 0 Å². The Morgan fingerprint density at radius 3 is 2.83 bits per heavy atom. The average molecular weight is 422 g/mol. The molecule has 3 aromatic rings. The van der Waals surface area contributed by atoms with Crippen molar-refractivity contribution < 1.29 is 8.60 Å². The zero-order valence-corrected chi connectivity index (χ0v) is 17.7. The van der Waals surface area contributed by atoms with Crippen molar-refractivity contribution in [3.8, 4) is 11.3 Å². The van der Waals surface area contributed by atoms with Crippen LogP contribution in [0.3, 0.4) is 0 Å². The Hall–Kier alpha value is -2.57. The smallest absolute Gasteiger partial charge is 0.149 e. The molecular weight excluding hydrogens is 397 g/mol. The van der Waals surface area contributed by atoms with Gasteiger partial charge in [-0.15, -0.1) is 0 Å². The maximum atomic E-state index is 14.3. The second-order valence-electron chi connectivity index (χ2n) is 8.08. The molecule has 2 aliphatic rings. The molecule has 1 N–H and O–H groups in total. The Labute approximate surface area is 178 Å². The van der Waals surface area contributed by atoms with E-state index < -0.39 is 10.8 Å². The lowest BCUT2D eigenvalue weighted by Crippen LogP contribution is -2.52. The van der Waals surface area contributed by atoms with Gasteiger partial charge in [-0.2, -0.15) is 0 Å². The average Bonchev–Trinajstić information content (AvgIpc) is 2.73. The summed E-state index contributed by atoms with van der Waals surface area (Å²) >= 11 is 0. The fourth-order valence-corrected chi connectivity index (χ4v) is 5.53. The van der Waals surface area contributed by atoms with Crippen molar-refractivity contribution >= 4 is 22.2 Å². The number of anilines is 2. The van der Waals surface area contributed by atoms with Gasteiger partial charge in [0.2, 0.25) is 0 Å². The molecule has 6 heteroatoms. The Morgan fingerprint density at radius 2 is 2.03 bits per heavy atom. The highest BCUT2D eigenvalue weighted by Crippen LogP contribution is 2.33. The quantitative estimate of drug-likeness (QED) is 0.677. The van der Waals surface area contributed by atoms with Crippen LogP contribution in [0.4, 0.5) is 15.8 Å². The van der Waals surface area contributed by atoms with E-state index in [0.29, 0.717) is 11.7 Å². The zero-order chi connectivity index (χ0) is 20.7. The van der Waals surface area contributed by atoms with Gasteiger partial charge in [-0.1, -0.05) is 18.2 Å². The molecule has 154 valence electrons. The molecule has 0 bridgehead atoms. The van der Waals surface area contributed by atoms with E-state index in [1.807, 2.05) is 25.1 Å². The molecule has 0 amide bonds. The van der Waals surface area contributed by atoms with Crippen molar-refractivity contribution in [1.82, 2.24) is 9.88 Å². The highest BCUT2D eigenvalue weighted by Gasteiger charge is 2.33. The Morgan fingerprint density at radius 1 is 1.17 bits per heavy atom. The molecule has 30 heavy (non-hydrogen) atoms. The van der Waals surface area contributed by atoms with E-state index in [0.717, 1.165) is 53.5 Å². The Kier molecular flexibility index (Phi) is 5.13. The molecule has 1 fully saturated rings. The maximum Gasteiger partial charge on any atom is 0.149 e. The second-order valence-corrected chi connectivity index (χ2v) is 9.63. The van der Waals surface area contributed by atoms with E-state index in [4.69, 9.17) is 0 Å². The normalized spacial score (nSPS) is 21.0. The first-order chi connectivity index (χ1) is 14.6. The molecule has 1 aromatic heterocycles. The van der Waals surface area contributed by atoms with Crippen LogP contribution in [0.15, 0.2) is 54.7 Å². The minimum absolute atomic E-state index is 0.313. The van der Waals surface area contributed by atoms with Gasteiger partial charge < -0.3 is 5.32 Å². The molecule has 2 aliphatic heterocycles. The van der Waals surface area contributed by atoms with Crippen molar-refractivity contribution in [2.75, 3.05) is 23.4 Å². The molecule has 0 saturated carbocycles. The lowest BCUT2D eigenvalue weighted by molar-refractivity contribution is 0.199. The van der Waals surface area contributed by atoms with Crippen LogP contribution in [0.5, 0.6) is 0 Å². The minimum Gasteiger partial charge on any atom is -0.355 e. The molecule has 0 radical (unpaired) electrons. The number of aryl methyl sites for hydroxylation is 1. The summed E-state index contributed by atoms with van der Waals surface area (Å²) < 4.78 is 25.8. The summed E-state index contributed by atoms with van der Waals surface area (Å²) in [7, 11) is -0.620. The number of benzene rings is 2. The number of nitrogens with one attached hydrogen (secondary N) is 1. The van der Waals surface area contributed by atoms with Crippen molar-refractivity contribution in [2.45, 2.75) is 25.9 Å². The summed E-state index contributed by atoms with van der Waals surface area (Å²) in [5, 5.41) is 3.55. The Balaban J connectivity index is 1.41. The van der Waals surface area contributed by atoms with E-state index >= 15 is 0 Å². The number of nitrogens with zero attached hydrogens (tertiary/aromatic N) is 2. The fourth-order valence-electron chi connectivity index (χ4n) is 4.35. The standard InChI is InChI=1S/C24H24FN3OS/c1-16-7-8-18(12-21(16)24-22(25)5-3-10-26-24)27-23-6-2-4-17-13-28(11-9-20(17)23)19-14-30(29)15-19/h2-8,10,12,19,27H,9,11,13-15H2,1H3. The van der Waals surface area contributed by atoms with Crippen LogP contribution in [0, 0.1) is 12.7 Å². The van der Waals surface area contributed by atoms with Crippen molar-refractivity contribution in [3.63, 3.8) is 0 Å². The van der Waals surface area contributed by atoms with E-state index in [-0.39, 0.29) is 5.82 Å². The summed E-state index contributed by atoms with van der Waals surface area (Å²) in [6, 6.07) is 15.9. The molecule has 0 spiro atoms. The van der Waals surface area contributed by atoms with E-state index in [1.165, 1.54) is 17.2 Å². The van der Waals surface area contributed by atoms with Gasteiger partial charge in [-0.25, -0.2) is 4.39 Å². The van der Waals surface area contributed by atoms with Crippen molar-refractivity contribution in [2.24, 2.45) is 0 Å². The molecule has 4 nitrogen and oxygen atoms in total. The molecule has 1 saturated heterocycles. The zero-order valence-electron chi connectivity index (χ0n) is 16.9. The molecule has 2 aromatic carbocycles. The maximum absolute atomic E-state index is 14.3. The number of hydrogen-bond donors (Lipinski definition) is 1. The van der Waals surface area contributed by atoms with Crippen LogP contribution in [0.25, 0.3) is 11.3 Å². The van der Waals surface area contributed by atoms with Gasteiger partial charge in [0.25, 0.3) is 0 Å². The van der Waals surface area contributed by atoms with Crippen molar-refractivity contribution in [3.05, 3.63) is 77.2 Å². The number of fused-ring (bicyclic) bond motifs is 1. The van der Waals surface area contributed by atoms with Gasteiger partial charge in [0.15, 0.2) is 0 Å². The third-order valence-corrected chi connectivity index (χ3v) is 7.61. The van der Waals surface area contributed by atoms with E-state index in [1.54, 1.807) is 12.3 Å². The third-order valence-electron chi connectivity index (χ3n) is 6.10. The van der Waals surface area contributed by atoms with E-state index in [2.05, 4.69) is 33.4 Å². The number of halogens is 1. The van der Waals surface area contributed by atoms with Gasteiger partial charge in [0.1, 0.15) is 11.5 Å². The molecule has 0 unspecified atom stereocenters. The first kappa shape index (κ1) is 19.4. The summed E-state index contributed by atoms with van der Waals surface area (Å²) in [6.07, 6.45) is 2.59. The van der Waals surface area contributed by atoms with Crippen molar-refractivity contribution in [1.29, 1.82) is 0 Å². The predicted molar refractivity (Wildman–Crippen MR) is 120 cm³/mol. The molecule has 0 atom stereocenters. The molecular formula is C24H24FN3OS.